The third kappa shape index (κ3) is 8.58. The van der Waals surface area contributed by atoms with Gasteiger partial charge in [-0.25, -0.2) is 4.79 Å². The minimum absolute atomic E-state index is 0.0722. The van der Waals surface area contributed by atoms with Crippen LogP contribution < -0.4 is 11.1 Å². The molecule has 0 aliphatic heterocycles. The molecule has 2 aromatic carbocycles. The average molecular weight is 506 g/mol. The molecule has 0 unspecified atom stereocenters. The van der Waals surface area contributed by atoms with E-state index in [0.717, 1.165) is 29.7 Å². The van der Waals surface area contributed by atoms with Crippen LogP contribution in [0.2, 0.25) is 0 Å². The molecule has 1 aromatic heterocycles. The van der Waals surface area contributed by atoms with Crippen LogP contribution in [0, 0.1) is 6.92 Å². The van der Waals surface area contributed by atoms with Crippen molar-refractivity contribution in [3.8, 4) is 0 Å². The molecule has 2 atom stereocenters. The van der Waals surface area contributed by atoms with E-state index in [1.165, 1.54) is 0 Å². The number of ether oxygens (including phenoxy) is 1. The number of carbonyl (C=O) groups excluding carboxylic acids is 2. The van der Waals surface area contributed by atoms with Crippen molar-refractivity contribution in [2.24, 2.45) is 5.73 Å². The number of aryl methyl sites for hydroxylation is 1. The van der Waals surface area contributed by atoms with Crippen molar-refractivity contribution in [3.63, 3.8) is 0 Å². The number of rotatable bonds is 14. The van der Waals surface area contributed by atoms with Crippen molar-refractivity contribution in [2.45, 2.75) is 58.7 Å². The summed E-state index contributed by atoms with van der Waals surface area (Å²) < 4.78 is 11.4. The van der Waals surface area contributed by atoms with E-state index in [-0.39, 0.29) is 5.91 Å². The maximum atomic E-state index is 13.3. The maximum absolute atomic E-state index is 13.3. The number of benzene rings is 2. The summed E-state index contributed by atoms with van der Waals surface area (Å²) in [7, 11) is 0. The van der Waals surface area contributed by atoms with Crippen molar-refractivity contribution in [3.05, 3.63) is 94.9 Å². The van der Waals surface area contributed by atoms with Gasteiger partial charge < -0.3 is 25.1 Å². The first-order valence-electron chi connectivity index (χ1n) is 13.1. The molecule has 37 heavy (non-hydrogen) atoms. The van der Waals surface area contributed by atoms with Gasteiger partial charge in [0.15, 0.2) is 0 Å². The zero-order valence-electron chi connectivity index (χ0n) is 22.1. The summed E-state index contributed by atoms with van der Waals surface area (Å²) in [6.07, 6.45) is 3.17. The van der Waals surface area contributed by atoms with Crippen LogP contribution in [-0.2, 0) is 17.7 Å². The second-order valence-corrected chi connectivity index (χ2v) is 9.39. The van der Waals surface area contributed by atoms with Crippen LogP contribution in [0.4, 0.5) is 0 Å². The summed E-state index contributed by atoms with van der Waals surface area (Å²) >= 11 is 0. The minimum Gasteiger partial charge on any atom is -0.469 e. The number of carbonyl (C=O) groups is 2. The summed E-state index contributed by atoms with van der Waals surface area (Å²) in [6, 6.07) is 18.4. The molecule has 3 aromatic rings. The molecule has 3 rings (SSSR count). The first-order valence-corrected chi connectivity index (χ1v) is 13.1. The zero-order chi connectivity index (χ0) is 26.6. The fourth-order valence-corrected chi connectivity index (χ4v) is 4.29. The summed E-state index contributed by atoms with van der Waals surface area (Å²) in [6.45, 7) is 8.32. The molecule has 0 aliphatic rings. The molecule has 0 saturated carbocycles. The van der Waals surface area contributed by atoms with Gasteiger partial charge in [-0.2, -0.15) is 0 Å². The molecule has 7 heteroatoms. The summed E-state index contributed by atoms with van der Waals surface area (Å²) in [4.78, 5) is 28.3. The Morgan fingerprint density at radius 1 is 1.00 bits per heavy atom. The van der Waals surface area contributed by atoms with Gasteiger partial charge in [-0.15, -0.1) is 0 Å². The standard InChI is InChI=1S/C30H39N3O4/c1-4-13-33(14-5-2)29(34)24-16-22(3)17-25(18-24)30(35)37-28(27(31)19-26-12-9-15-36-26)21-32-20-23-10-7-6-8-11-23/h6-12,15-18,27-28,32H,4-5,13-14,19-21,31H2,1-3H3/t27-,28+/m0/s1. The van der Waals surface area contributed by atoms with Crippen LogP contribution in [0.25, 0.3) is 0 Å². The third-order valence-electron chi connectivity index (χ3n) is 6.10. The Balaban J connectivity index is 1.75. The van der Waals surface area contributed by atoms with Crippen molar-refractivity contribution in [1.29, 1.82) is 0 Å². The summed E-state index contributed by atoms with van der Waals surface area (Å²) in [5.74, 6) is 0.153. The second-order valence-electron chi connectivity index (χ2n) is 9.39. The topological polar surface area (TPSA) is 97.8 Å². The molecule has 3 N–H and O–H groups in total. The zero-order valence-corrected chi connectivity index (χ0v) is 22.1. The Hall–Kier alpha value is -3.42. The van der Waals surface area contributed by atoms with Crippen LogP contribution in [0.1, 0.15) is 64.3 Å². The number of nitrogens with zero attached hydrogens (tertiary/aromatic N) is 1. The normalized spacial score (nSPS) is 12.6. The van der Waals surface area contributed by atoms with E-state index in [0.29, 0.717) is 43.7 Å². The molecule has 0 radical (unpaired) electrons. The highest BCUT2D eigenvalue weighted by Crippen LogP contribution is 2.16. The minimum atomic E-state index is -0.599. The van der Waals surface area contributed by atoms with Crippen LogP contribution in [0.5, 0.6) is 0 Å². The monoisotopic (exact) mass is 505 g/mol. The molecule has 198 valence electrons. The van der Waals surface area contributed by atoms with Gasteiger partial charge in [-0.3, -0.25) is 4.79 Å². The molecule has 0 aliphatic carbocycles. The van der Waals surface area contributed by atoms with Gasteiger partial charge in [0.05, 0.1) is 11.8 Å². The number of furan rings is 1. The molecule has 7 nitrogen and oxygen atoms in total. The first kappa shape index (κ1) is 28.2. The lowest BCUT2D eigenvalue weighted by Crippen LogP contribution is -2.45. The van der Waals surface area contributed by atoms with E-state index in [1.54, 1.807) is 18.4 Å². The Morgan fingerprint density at radius 3 is 2.35 bits per heavy atom. The number of hydrogen-bond donors (Lipinski definition) is 2. The number of nitrogens with one attached hydrogen (secondary N) is 1. The van der Waals surface area contributed by atoms with E-state index in [4.69, 9.17) is 14.9 Å². The Bertz CT molecular complexity index is 1110. The molecule has 0 spiro atoms. The van der Waals surface area contributed by atoms with Gasteiger partial charge in [0, 0.05) is 44.2 Å². The van der Waals surface area contributed by atoms with E-state index in [9.17, 15) is 9.59 Å². The highest BCUT2D eigenvalue weighted by Gasteiger charge is 2.25. The van der Waals surface area contributed by atoms with E-state index in [2.05, 4.69) is 5.32 Å². The van der Waals surface area contributed by atoms with Crippen LogP contribution in [-0.4, -0.2) is 48.6 Å². The summed E-state index contributed by atoms with van der Waals surface area (Å²) in [5.41, 5.74) is 9.27. The van der Waals surface area contributed by atoms with Crippen molar-refractivity contribution in [1.82, 2.24) is 10.2 Å². The average Bonchev–Trinajstić information content (AvgIpc) is 3.40. The lowest BCUT2D eigenvalue weighted by atomic mass is 10.0. The van der Waals surface area contributed by atoms with Crippen molar-refractivity contribution < 1.29 is 18.7 Å². The maximum Gasteiger partial charge on any atom is 0.338 e. The van der Waals surface area contributed by atoms with Gasteiger partial charge in [0.2, 0.25) is 0 Å². The Kier molecular flexibility index (Phi) is 10.9. The summed E-state index contributed by atoms with van der Waals surface area (Å²) in [5, 5.41) is 3.35. The van der Waals surface area contributed by atoms with Gasteiger partial charge in [0.25, 0.3) is 5.91 Å². The quantitative estimate of drug-likeness (QED) is 0.307. The van der Waals surface area contributed by atoms with Crippen LogP contribution >= 0.6 is 0 Å². The molecule has 0 fully saturated rings. The lowest BCUT2D eigenvalue weighted by molar-refractivity contribution is 0.0234. The first-order chi connectivity index (χ1) is 17.9. The number of nitrogens with two attached hydrogens (primary N) is 1. The van der Waals surface area contributed by atoms with Crippen LogP contribution in [0.15, 0.2) is 71.3 Å². The van der Waals surface area contributed by atoms with Gasteiger partial charge in [-0.1, -0.05) is 44.2 Å². The number of amides is 1. The predicted octanol–water partition coefficient (Wildman–Crippen LogP) is 4.74. The molecule has 1 heterocycles. The molecule has 0 bridgehead atoms. The predicted molar refractivity (Wildman–Crippen MR) is 145 cm³/mol. The van der Waals surface area contributed by atoms with Crippen molar-refractivity contribution >= 4 is 11.9 Å². The Morgan fingerprint density at radius 2 is 1.70 bits per heavy atom. The van der Waals surface area contributed by atoms with E-state index in [1.807, 2.05) is 74.2 Å². The van der Waals surface area contributed by atoms with E-state index < -0.39 is 18.1 Å². The van der Waals surface area contributed by atoms with Gasteiger partial charge >= 0.3 is 5.97 Å². The second kappa shape index (κ2) is 14.4. The molecule has 1 amide bonds. The molecule has 0 saturated heterocycles. The smallest absolute Gasteiger partial charge is 0.338 e. The third-order valence-corrected chi connectivity index (χ3v) is 6.10. The fourth-order valence-electron chi connectivity index (χ4n) is 4.29. The van der Waals surface area contributed by atoms with Crippen molar-refractivity contribution in [2.75, 3.05) is 19.6 Å². The highest BCUT2D eigenvalue weighted by atomic mass is 16.5. The Labute approximate surface area is 220 Å². The SMILES string of the molecule is CCCN(CCC)C(=O)c1cc(C)cc(C(=O)O[C@H](CNCc2ccccc2)[C@@H](N)Cc2ccco2)c1. The van der Waals surface area contributed by atoms with Crippen LogP contribution in [0.3, 0.4) is 0 Å². The van der Waals surface area contributed by atoms with E-state index >= 15 is 0 Å². The lowest BCUT2D eigenvalue weighted by Gasteiger charge is -2.25. The van der Waals surface area contributed by atoms with Gasteiger partial charge in [-0.05, 0) is 61.2 Å². The number of hydrogen-bond acceptors (Lipinski definition) is 6. The molecular formula is C30H39N3O4. The number of esters is 1. The fraction of sp³-hybridized carbons (Fsp3) is 0.400. The van der Waals surface area contributed by atoms with Gasteiger partial charge in [0.1, 0.15) is 11.9 Å². The molecular weight excluding hydrogens is 466 g/mol. The largest absolute Gasteiger partial charge is 0.469 e. The highest BCUT2D eigenvalue weighted by molar-refractivity contribution is 5.98.